The van der Waals surface area contributed by atoms with Crippen LogP contribution in [0.1, 0.15) is 40.1 Å². The van der Waals surface area contributed by atoms with Gasteiger partial charge in [-0.2, -0.15) is 0 Å². The van der Waals surface area contributed by atoms with Crippen molar-refractivity contribution >= 4 is 17.6 Å². The van der Waals surface area contributed by atoms with Crippen molar-refractivity contribution in [3.05, 3.63) is 53.1 Å². The molecule has 0 aliphatic heterocycles. The van der Waals surface area contributed by atoms with Crippen LogP contribution in [0.3, 0.4) is 0 Å². The van der Waals surface area contributed by atoms with Crippen LogP contribution < -0.4 is 14.8 Å². The van der Waals surface area contributed by atoms with E-state index in [1.54, 1.807) is 31.2 Å². The van der Waals surface area contributed by atoms with Gasteiger partial charge in [-0.15, -0.1) is 0 Å². The standard InChI is InChI=1S/C19H21NO5/c1-4-24-15-8-14(9-16(11-15)25-5-2)18(21)20-17-10-13(19(22)23)7-6-12(17)3/h6-11H,4-5H2,1-3H3,(H,20,21)(H,22,23). The van der Waals surface area contributed by atoms with E-state index >= 15 is 0 Å². The van der Waals surface area contributed by atoms with Gasteiger partial charge >= 0.3 is 5.97 Å². The molecule has 6 heteroatoms. The fourth-order valence-electron chi connectivity index (χ4n) is 2.29. The Balaban J connectivity index is 2.31. The maximum atomic E-state index is 12.6. The molecule has 6 nitrogen and oxygen atoms in total. The normalized spacial score (nSPS) is 10.2. The lowest BCUT2D eigenvalue weighted by atomic mass is 10.1. The lowest BCUT2D eigenvalue weighted by Crippen LogP contribution is -2.14. The predicted molar refractivity (Wildman–Crippen MR) is 94.9 cm³/mol. The van der Waals surface area contributed by atoms with E-state index in [0.717, 1.165) is 5.56 Å². The summed E-state index contributed by atoms with van der Waals surface area (Å²) in [7, 11) is 0. The first kappa shape index (κ1) is 18.3. The van der Waals surface area contributed by atoms with Gasteiger partial charge in [-0.05, 0) is 50.6 Å². The lowest BCUT2D eigenvalue weighted by molar-refractivity contribution is 0.0696. The molecule has 0 heterocycles. The molecule has 0 saturated carbocycles. The van der Waals surface area contributed by atoms with Crippen LogP contribution in [0.5, 0.6) is 11.5 Å². The Morgan fingerprint density at radius 1 is 0.960 bits per heavy atom. The molecule has 2 N–H and O–H groups in total. The minimum Gasteiger partial charge on any atom is -0.494 e. The van der Waals surface area contributed by atoms with Crippen molar-refractivity contribution < 1.29 is 24.2 Å². The van der Waals surface area contributed by atoms with Crippen LogP contribution in [0.2, 0.25) is 0 Å². The number of carboxylic acid groups (broad SMARTS) is 1. The Labute approximate surface area is 146 Å². The second-order valence-corrected chi connectivity index (χ2v) is 5.35. The third-order valence-electron chi connectivity index (χ3n) is 3.50. The summed E-state index contributed by atoms with van der Waals surface area (Å²) in [5.41, 5.74) is 1.70. The number of carbonyl (C=O) groups excluding carboxylic acids is 1. The Bertz CT molecular complexity index is 761. The second kappa shape index (κ2) is 8.19. The summed E-state index contributed by atoms with van der Waals surface area (Å²) >= 11 is 0. The molecule has 0 spiro atoms. The van der Waals surface area contributed by atoms with Crippen LogP contribution in [0.4, 0.5) is 5.69 Å². The summed E-state index contributed by atoms with van der Waals surface area (Å²) in [6, 6.07) is 9.55. The Morgan fingerprint density at radius 3 is 2.08 bits per heavy atom. The summed E-state index contributed by atoms with van der Waals surface area (Å²) in [6.07, 6.45) is 0. The molecule has 0 fully saturated rings. The minimum absolute atomic E-state index is 0.110. The molecule has 0 aliphatic rings. The number of ether oxygens (including phenoxy) is 2. The van der Waals surface area contributed by atoms with Crippen molar-refractivity contribution in [3.8, 4) is 11.5 Å². The predicted octanol–water partition coefficient (Wildman–Crippen LogP) is 3.74. The molecule has 132 valence electrons. The van der Waals surface area contributed by atoms with E-state index in [0.29, 0.717) is 36.0 Å². The lowest BCUT2D eigenvalue weighted by Gasteiger charge is -2.12. The Hall–Kier alpha value is -3.02. The first-order valence-corrected chi connectivity index (χ1v) is 8.00. The number of carbonyl (C=O) groups is 2. The summed E-state index contributed by atoms with van der Waals surface area (Å²) in [5, 5.41) is 11.8. The Morgan fingerprint density at radius 2 is 1.56 bits per heavy atom. The molecule has 2 rings (SSSR count). The van der Waals surface area contributed by atoms with Crippen LogP contribution in [0, 0.1) is 6.92 Å². The average Bonchev–Trinajstić information content (AvgIpc) is 2.57. The zero-order valence-electron chi connectivity index (χ0n) is 14.5. The van der Waals surface area contributed by atoms with Crippen LogP contribution in [-0.2, 0) is 0 Å². The number of aryl methyl sites for hydroxylation is 1. The highest BCUT2D eigenvalue weighted by molar-refractivity contribution is 6.05. The molecule has 0 radical (unpaired) electrons. The van der Waals surface area contributed by atoms with E-state index in [2.05, 4.69) is 5.32 Å². The highest BCUT2D eigenvalue weighted by atomic mass is 16.5. The van der Waals surface area contributed by atoms with E-state index in [9.17, 15) is 9.59 Å². The number of carboxylic acids is 1. The molecule has 0 unspecified atom stereocenters. The molecule has 2 aromatic rings. The van der Waals surface area contributed by atoms with Crippen molar-refractivity contribution in [1.82, 2.24) is 0 Å². The summed E-state index contributed by atoms with van der Waals surface area (Å²) in [5.74, 6) is -0.343. The van der Waals surface area contributed by atoms with Gasteiger partial charge in [-0.1, -0.05) is 6.07 Å². The zero-order valence-corrected chi connectivity index (χ0v) is 14.5. The number of aromatic carboxylic acids is 1. The van der Waals surface area contributed by atoms with Crippen LogP contribution in [0.15, 0.2) is 36.4 Å². The molecule has 0 aromatic heterocycles. The molecule has 0 aliphatic carbocycles. The smallest absolute Gasteiger partial charge is 0.335 e. The minimum atomic E-state index is -1.05. The molecule has 2 aromatic carbocycles. The fraction of sp³-hybridized carbons (Fsp3) is 0.263. The number of rotatable bonds is 7. The van der Waals surface area contributed by atoms with Crippen LogP contribution in [-0.4, -0.2) is 30.2 Å². The zero-order chi connectivity index (χ0) is 18.4. The first-order chi connectivity index (χ1) is 11.9. The van der Waals surface area contributed by atoms with Gasteiger partial charge in [-0.3, -0.25) is 4.79 Å². The number of hydrogen-bond donors (Lipinski definition) is 2. The van der Waals surface area contributed by atoms with Gasteiger partial charge in [0.25, 0.3) is 5.91 Å². The molecular weight excluding hydrogens is 322 g/mol. The topological polar surface area (TPSA) is 84.9 Å². The molecular formula is C19H21NO5. The second-order valence-electron chi connectivity index (χ2n) is 5.35. The van der Waals surface area contributed by atoms with E-state index in [1.165, 1.54) is 12.1 Å². The maximum absolute atomic E-state index is 12.6. The quantitative estimate of drug-likeness (QED) is 0.800. The maximum Gasteiger partial charge on any atom is 0.335 e. The molecule has 25 heavy (non-hydrogen) atoms. The largest absolute Gasteiger partial charge is 0.494 e. The van der Waals surface area contributed by atoms with Gasteiger partial charge in [0, 0.05) is 17.3 Å². The van der Waals surface area contributed by atoms with E-state index in [1.807, 2.05) is 13.8 Å². The molecule has 0 bridgehead atoms. The van der Waals surface area contributed by atoms with E-state index in [4.69, 9.17) is 14.6 Å². The van der Waals surface area contributed by atoms with Crippen molar-refractivity contribution in [2.45, 2.75) is 20.8 Å². The highest BCUT2D eigenvalue weighted by Gasteiger charge is 2.13. The summed E-state index contributed by atoms with van der Waals surface area (Å²) in [6.45, 7) is 6.44. The van der Waals surface area contributed by atoms with E-state index in [-0.39, 0.29) is 11.5 Å². The molecule has 0 atom stereocenters. The van der Waals surface area contributed by atoms with Gasteiger partial charge in [0.1, 0.15) is 11.5 Å². The number of benzene rings is 2. The molecule has 1 amide bonds. The van der Waals surface area contributed by atoms with Crippen LogP contribution in [0.25, 0.3) is 0 Å². The molecule has 0 saturated heterocycles. The van der Waals surface area contributed by atoms with Crippen LogP contribution >= 0.6 is 0 Å². The van der Waals surface area contributed by atoms with Gasteiger partial charge in [0.2, 0.25) is 0 Å². The summed E-state index contributed by atoms with van der Waals surface area (Å²) < 4.78 is 10.9. The van der Waals surface area contributed by atoms with Gasteiger partial charge in [0.15, 0.2) is 0 Å². The third kappa shape index (κ3) is 4.73. The first-order valence-electron chi connectivity index (χ1n) is 8.00. The summed E-state index contributed by atoms with van der Waals surface area (Å²) in [4.78, 5) is 23.7. The monoisotopic (exact) mass is 343 g/mol. The number of amides is 1. The van der Waals surface area contributed by atoms with Crippen molar-refractivity contribution in [3.63, 3.8) is 0 Å². The van der Waals surface area contributed by atoms with Crippen molar-refractivity contribution in [1.29, 1.82) is 0 Å². The SMILES string of the molecule is CCOc1cc(OCC)cc(C(=O)Nc2cc(C(=O)O)ccc2C)c1. The number of hydrogen-bond acceptors (Lipinski definition) is 4. The fourth-order valence-corrected chi connectivity index (χ4v) is 2.29. The number of anilines is 1. The van der Waals surface area contributed by atoms with Crippen molar-refractivity contribution in [2.75, 3.05) is 18.5 Å². The third-order valence-corrected chi connectivity index (χ3v) is 3.50. The van der Waals surface area contributed by atoms with Gasteiger partial charge in [-0.25, -0.2) is 4.79 Å². The highest BCUT2D eigenvalue weighted by Crippen LogP contribution is 2.25. The number of nitrogens with one attached hydrogen (secondary N) is 1. The van der Waals surface area contributed by atoms with E-state index < -0.39 is 5.97 Å². The van der Waals surface area contributed by atoms with Crippen molar-refractivity contribution in [2.24, 2.45) is 0 Å². The van der Waals surface area contributed by atoms with Gasteiger partial charge in [0.05, 0.1) is 18.8 Å². The average molecular weight is 343 g/mol. The Kier molecular flexibility index (Phi) is 6.00. The van der Waals surface area contributed by atoms with Gasteiger partial charge < -0.3 is 19.9 Å².